The minimum absolute atomic E-state index is 0.0569. The van der Waals surface area contributed by atoms with Crippen LogP contribution in [-0.4, -0.2) is 33.4 Å². The Morgan fingerprint density at radius 3 is 2.64 bits per heavy atom. The topological polar surface area (TPSA) is 104 Å². The number of aromatic nitrogens is 1. The van der Waals surface area contributed by atoms with Gasteiger partial charge in [-0.25, -0.2) is 5.43 Å². The molecule has 1 aromatic heterocycles. The summed E-state index contributed by atoms with van der Waals surface area (Å²) in [4.78, 5) is 16.0. The van der Waals surface area contributed by atoms with Gasteiger partial charge in [0, 0.05) is 22.9 Å². The molecule has 2 aromatic rings. The van der Waals surface area contributed by atoms with Gasteiger partial charge in [0.25, 0.3) is 5.91 Å². The summed E-state index contributed by atoms with van der Waals surface area (Å²) in [6.45, 7) is 5.18. The Morgan fingerprint density at radius 1 is 1.36 bits per heavy atom. The summed E-state index contributed by atoms with van der Waals surface area (Å²) in [5.41, 5.74) is 3.94. The number of nitrogens with zero attached hydrogens (tertiary/aromatic N) is 2. The second-order valence-electron chi connectivity index (χ2n) is 5.68. The molecule has 0 aliphatic heterocycles. The molecule has 7 heteroatoms. The van der Waals surface area contributed by atoms with Gasteiger partial charge < -0.3 is 14.9 Å². The van der Waals surface area contributed by atoms with Crippen LogP contribution in [0.4, 0.5) is 0 Å². The van der Waals surface area contributed by atoms with Crippen LogP contribution in [0, 0.1) is 6.92 Å². The van der Waals surface area contributed by atoms with Crippen molar-refractivity contribution in [2.45, 2.75) is 33.5 Å². The van der Waals surface area contributed by atoms with Crippen molar-refractivity contribution in [3.8, 4) is 11.5 Å². The summed E-state index contributed by atoms with van der Waals surface area (Å²) in [6, 6.07) is 6.69. The molecular formula is C18H21N3O4. The summed E-state index contributed by atoms with van der Waals surface area (Å²) < 4.78 is 5.52. The van der Waals surface area contributed by atoms with Crippen LogP contribution in [0.5, 0.6) is 11.5 Å². The van der Waals surface area contributed by atoms with Crippen LogP contribution in [0.25, 0.3) is 0 Å². The summed E-state index contributed by atoms with van der Waals surface area (Å²) in [7, 11) is 0. The van der Waals surface area contributed by atoms with Gasteiger partial charge in [-0.1, -0.05) is 0 Å². The minimum atomic E-state index is -0.400. The van der Waals surface area contributed by atoms with Gasteiger partial charge in [-0.05, 0) is 45.0 Å². The van der Waals surface area contributed by atoms with Gasteiger partial charge in [0.05, 0.1) is 24.6 Å². The molecule has 0 spiro atoms. The highest BCUT2D eigenvalue weighted by atomic mass is 16.5. The van der Waals surface area contributed by atoms with E-state index >= 15 is 0 Å². The van der Waals surface area contributed by atoms with Crippen LogP contribution >= 0.6 is 0 Å². The molecule has 3 N–H and O–H groups in total. The maximum Gasteiger partial charge on any atom is 0.271 e. The largest absolute Gasteiger partial charge is 0.505 e. The van der Waals surface area contributed by atoms with Gasteiger partial charge in [0.15, 0.2) is 0 Å². The third-order valence-corrected chi connectivity index (χ3v) is 3.38. The van der Waals surface area contributed by atoms with Gasteiger partial charge in [-0.3, -0.25) is 9.78 Å². The van der Waals surface area contributed by atoms with Crippen molar-refractivity contribution >= 4 is 12.1 Å². The fraction of sp³-hybridized carbons (Fsp3) is 0.278. The fourth-order valence-corrected chi connectivity index (χ4v) is 2.10. The molecule has 7 nitrogen and oxygen atoms in total. The molecule has 1 amide bonds. The third kappa shape index (κ3) is 4.77. The van der Waals surface area contributed by atoms with Crippen molar-refractivity contribution in [2.24, 2.45) is 5.10 Å². The van der Waals surface area contributed by atoms with Gasteiger partial charge in [0.1, 0.15) is 11.5 Å². The van der Waals surface area contributed by atoms with Crippen molar-refractivity contribution in [3.63, 3.8) is 0 Å². The molecule has 0 unspecified atom stereocenters. The van der Waals surface area contributed by atoms with Crippen molar-refractivity contribution < 1.29 is 19.7 Å². The molecule has 0 fully saturated rings. The Labute approximate surface area is 146 Å². The Bertz CT molecular complexity index is 771. The number of ether oxygens (including phenoxy) is 1. The molecule has 0 aliphatic carbocycles. The van der Waals surface area contributed by atoms with Crippen molar-refractivity contribution in [2.75, 3.05) is 0 Å². The highest BCUT2D eigenvalue weighted by molar-refractivity contribution is 5.95. The first kappa shape index (κ1) is 18.4. The number of hydrogen-bond acceptors (Lipinski definition) is 6. The average molecular weight is 343 g/mol. The predicted octanol–water partition coefficient (Wildman–Crippen LogP) is 2.14. The van der Waals surface area contributed by atoms with E-state index in [2.05, 4.69) is 15.5 Å². The monoisotopic (exact) mass is 343 g/mol. The molecule has 1 aromatic carbocycles. The number of aromatic hydroxyl groups is 1. The molecular weight excluding hydrogens is 322 g/mol. The highest BCUT2D eigenvalue weighted by Gasteiger charge is 2.10. The van der Waals surface area contributed by atoms with E-state index in [1.165, 1.54) is 12.4 Å². The first-order chi connectivity index (χ1) is 11.9. The maximum atomic E-state index is 12.1. The Morgan fingerprint density at radius 2 is 2.04 bits per heavy atom. The highest BCUT2D eigenvalue weighted by Crippen LogP contribution is 2.21. The molecule has 25 heavy (non-hydrogen) atoms. The van der Waals surface area contributed by atoms with E-state index in [9.17, 15) is 15.0 Å². The first-order valence-corrected chi connectivity index (χ1v) is 7.80. The number of carbonyl (C=O) groups excluding carboxylic acids is 1. The van der Waals surface area contributed by atoms with Crippen LogP contribution in [0.1, 0.15) is 41.0 Å². The SMILES string of the molecule is Cc1ncc(CO)c(/C=N/NC(=O)c2ccc(OC(C)C)cc2)c1O. The van der Waals surface area contributed by atoms with E-state index < -0.39 is 5.91 Å². The lowest BCUT2D eigenvalue weighted by molar-refractivity contribution is 0.0955. The molecule has 0 saturated carbocycles. The van der Waals surface area contributed by atoms with Crippen LogP contribution in [-0.2, 0) is 6.61 Å². The zero-order valence-electron chi connectivity index (χ0n) is 14.4. The van der Waals surface area contributed by atoms with Gasteiger partial charge in [0.2, 0.25) is 0 Å². The van der Waals surface area contributed by atoms with Gasteiger partial charge in [-0.2, -0.15) is 5.10 Å². The summed E-state index contributed by atoms with van der Waals surface area (Å²) in [5.74, 6) is 0.197. The Balaban J connectivity index is 2.07. The fourth-order valence-electron chi connectivity index (χ4n) is 2.10. The lowest BCUT2D eigenvalue weighted by Crippen LogP contribution is -2.17. The first-order valence-electron chi connectivity index (χ1n) is 7.80. The van der Waals surface area contributed by atoms with Gasteiger partial charge >= 0.3 is 0 Å². The number of pyridine rings is 1. The van der Waals surface area contributed by atoms with Crippen molar-refractivity contribution in [1.82, 2.24) is 10.4 Å². The average Bonchev–Trinajstić information content (AvgIpc) is 2.58. The maximum absolute atomic E-state index is 12.1. The normalized spacial score (nSPS) is 11.1. The zero-order chi connectivity index (χ0) is 18.4. The zero-order valence-corrected chi connectivity index (χ0v) is 14.4. The van der Waals surface area contributed by atoms with E-state index in [-0.39, 0.29) is 18.5 Å². The number of aliphatic hydroxyl groups is 1. The molecule has 132 valence electrons. The van der Waals surface area contributed by atoms with E-state index in [0.29, 0.717) is 28.1 Å². The standard InChI is InChI=1S/C18H21N3O4/c1-11(2)25-15-6-4-13(5-7-15)18(24)21-20-9-16-14(10-22)8-19-12(3)17(16)23/h4-9,11,22-23H,10H2,1-3H3,(H,21,24)/b20-9+. The Kier molecular flexibility index (Phi) is 6.08. The molecule has 0 atom stereocenters. The Hall–Kier alpha value is -2.93. The molecule has 0 saturated heterocycles. The number of nitrogens with one attached hydrogen (secondary N) is 1. The van der Waals surface area contributed by atoms with E-state index in [0.717, 1.165) is 0 Å². The van der Waals surface area contributed by atoms with Gasteiger partial charge in [-0.15, -0.1) is 0 Å². The quantitative estimate of drug-likeness (QED) is 0.551. The van der Waals surface area contributed by atoms with E-state index in [1.54, 1.807) is 31.2 Å². The molecule has 0 bridgehead atoms. The number of aryl methyl sites for hydroxylation is 1. The number of rotatable bonds is 6. The number of benzene rings is 1. The summed E-state index contributed by atoms with van der Waals surface area (Å²) in [6.07, 6.45) is 2.79. The number of hydrazone groups is 1. The number of aliphatic hydroxyl groups excluding tert-OH is 1. The van der Waals surface area contributed by atoms with Crippen LogP contribution in [0.15, 0.2) is 35.6 Å². The van der Waals surface area contributed by atoms with Crippen molar-refractivity contribution in [3.05, 3.63) is 52.8 Å². The lowest BCUT2D eigenvalue weighted by Gasteiger charge is -2.09. The summed E-state index contributed by atoms with van der Waals surface area (Å²) in [5, 5.41) is 23.1. The second-order valence-corrected chi connectivity index (χ2v) is 5.68. The number of carbonyl (C=O) groups is 1. The second kappa shape index (κ2) is 8.25. The predicted molar refractivity (Wildman–Crippen MR) is 93.8 cm³/mol. The smallest absolute Gasteiger partial charge is 0.271 e. The lowest BCUT2D eigenvalue weighted by atomic mass is 10.1. The summed E-state index contributed by atoms with van der Waals surface area (Å²) >= 11 is 0. The molecule has 0 aliphatic rings. The van der Waals surface area contributed by atoms with E-state index in [4.69, 9.17) is 4.74 Å². The molecule has 0 radical (unpaired) electrons. The number of amides is 1. The number of hydrogen-bond donors (Lipinski definition) is 3. The van der Waals surface area contributed by atoms with Crippen LogP contribution in [0.2, 0.25) is 0 Å². The van der Waals surface area contributed by atoms with Crippen LogP contribution < -0.4 is 10.2 Å². The molecule has 1 heterocycles. The third-order valence-electron chi connectivity index (χ3n) is 3.38. The van der Waals surface area contributed by atoms with Crippen molar-refractivity contribution in [1.29, 1.82) is 0 Å². The minimum Gasteiger partial charge on any atom is -0.505 e. The molecule has 2 rings (SSSR count). The van der Waals surface area contributed by atoms with E-state index in [1.807, 2.05) is 13.8 Å². The van der Waals surface area contributed by atoms with Crippen LogP contribution in [0.3, 0.4) is 0 Å².